The first-order chi connectivity index (χ1) is 6.22. The van der Waals surface area contributed by atoms with Crippen molar-refractivity contribution in [3.63, 3.8) is 0 Å². The van der Waals surface area contributed by atoms with Crippen molar-refractivity contribution in [1.29, 1.82) is 0 Å². The first-order valence-corrected chi connectivity index (χ1v) is 5.56. The molecule has 2 unspecified atom stereocenters. The van der Waals surface area contributed by atoms with Crippen molar-refractivity contribution in [2.24, 2.45) is 11.8 Å². The molecule has 1 saturated carbocycles. The number of nitrogens with one attached hydrogen (secondary N) is 1. The largest absolute Gasteiger partial charge is 0.396 e. The van der Waals surface area contributed by atoms with E-state index >= 15 is 0 Å². The normalized spacial score (nSPS) is 22.4. The second-order valence-corrected chi connectivity index (χ2v) is 4.63. The molecule has 13 heavy (non-hydrogen) atoms. The summed E-state index contributed by atoms with van der Waals surface area (Å²) in [6.45, 7) is 5.57. The third-order valence-corrected chi connectivity index (χ3v) is 3.04. The Balaban J connectivity index is 1.99. The molecule has 2 N–H and O–H groups in total. The average molecular weight is 185 g/mol. The van der Waals surface area contributed by atoms with E-state index in [1.54, 1.807) is 0 Å². The summed E-state index contributed by atoms with van der Waals surface area (Å²) in [7, 11) is 0. The zero-order valence-corrected chi connectivity index (χ0v) is 8.92. The van der Waals surface area contributed by atoms with Gasteiger partial charge >= 0.3 is 0 Å². The van der Waals surface area contributed by atoms with Crippen molar-refractivity contribution in [1.82, 2.24) is 5.32 Å². The lowest BCUT2D eigenvalue weighted by Crippen LogP contribution is -2.34. The van der Waals surface area contributed by atoms with Gasteiger partial charge < -0.3 is 10.4 Å². The van der Waals surface area contributed by atoms with Crippen molar-refractivity contribution < 1.29 is 5.11 Å². The van der Waals surface area contributed by atoms with Crippen LogP contribution in [0.25, 0.3) is 0 Å². The molecule has 2 atom stereocenters. The molecule has 2 heteroatoms. The van der Waals surface area contributed by atoms with Crippen LogP contribution in [0.3, 0.4) is 0 Å². The van der Waals surface area contributed by atoms with Gasteiger partial charge in [-0.3, -0.25) is 0 Å². The zero-order valence-electron chi connectivity index (χ0n) is 8.92. The molecule has 0 saturated heterocycles. The summed E-state index contributed by atoms with van der Waals surface area (Å²) in [5.74, 6) is 1.37. The van der Waals surface area contributed by atoms with Crippen LogP contribution in [0.1, 0.15) is 39.5 Å². The van der Waals surface area contributed by atoms with Crippen LogP contribution < -0.4 is 5.32 Å². The van der Waals surface area contributed by atoms with E-state index in [9.17, 15) is 0 Å². The Morgan fingerprint density at radius 3 is 2.54 bits per heavy atom. The van der Waals surface area contributed by atoms with Crippen molar-refractivity contribution >= 4 is 0 Å². The fraction of sp³-hybridized carbons (Fsp3) is 1.00. The monoisotopic (exact) mass is 185 g/mol. The fourth-order valence-electron chi connectivity index (χ4n) is 1.78. The van der Waals surface area contributed by atoms with E-state index in [-0.39, 0.29) is 0 Å². The predicted octanol–water partition coefficient (Wildman–Crippen LogP) is 1.78. The van der Waals surface area contributed by atoms with Gasteiger partial charge in [0.2, 0.25) is 0 Å². The highest BCUT2D eigenvalue weighted by Gasteiger charge is 2.19. The Labute approximate surface area is 81.7 Å². The third-order valence-electron chi connectivity index (χ3n) is 3.04. The van der Waals surface area contributed by atoms with Gasteiger partial charge in [0.1, 0.15) is 0 Å². The first kappa shape index (κ1) is 11.0. The first-order valence-electron chi connectivity index (χ1n) is 5.56. The summed E-state index contributed by atoms with van der Waals surface area (Å²) in [6, 6.07) is 0.624. The van der Waals surface area contributed by atoms with Crippen molar-refractivity contribution in [3.05, 3.63) is 0 Å². The summed E-state index contributed by atoms with van der Waals surface area (Å²) in [5, 5.41) is 12.3. The molecule has 0 heterocycles. The molecule has 0 aliphatic heterocycles. The Kier molecular flexibility index (Phi) is 4.74. The predicted molar refractivity (Wildman–Crippen MR) is 55.7 cm³/mol. The Bertz CT molecular complexity index is 134. The Morgan fingerprint density at radius 2 is 2.08 bits per heavy atom. The van der Waals surface area contributed by atoms with Crippen LogP contribution in [-0.4, -0.2) is 24.3 Å². The van der Waals surface area contributed by atoms with Gasteiger partial charge in [0.25, 0.3) is 0 Å². The van der Waals surface area contributed by atoms with Crippen molar-refractivity contribution in [2.75, 3.05) is 13.2 Å². The molecule has 0 aromatic carbocycles. The molecule has 1 rings (SSSR count). The SMILES string of the molecule is CC(CO)CNC(C)CC1CCC1. The summed E-state index contributed by atoms with van der Waals surface area (Å²) < 4.78 is 0. The van der Waals surface area contributed by atoms with E-state index in [4.69, 9.17) is 5.11 Å². The van der Waals surface area contributed by atoms with Gasteiger partial charge in [-0.05, 0) is 25.2 Å². The van der Waals surface area contributed by atoms with E-state index in [2.05, 4.69) is 19.2 Å². The summed E-state index contributed by atoms with van der Waals surface area (Å²) >= 11 is 0. The molecule has 0 aromatic rings. The van der Waals surface area contributed by atoms with Gasteiger partial charge in [-0.2, -0.15) is 0 Å². The van der Waals surface area contributed by atoms with Gasteiger partial charge in [-0.15, -0.1) is 0 Å². The van der Waals surface area contributed by atoms with E-state index in [1.807, 2.05) is 0 Å². The molecule has 1 aliphatic carbocycles. The highest BCUT2D eigenvalue weighted by Crippen LogP contribution is 2.30. The van der Waals surface area contributed by atoms with Gasteiger partial charge in [-0.25, -0.2) is 0 Å². The average Bonchev–Trinajstić information content (AvgIpc) is 2.07. The molecular formula is C11H23NO. The standard InChI is InChI=1S/C11H23NO/c1-9(8-13)7-12-10(2)6-11-4-3-5-11/h9-13H,3-8H2,1-2H3. The topological polar surface area (TPSA) is 32.3 Å². The summed E-state index contributed by atoms with van der Waals surface area (Å²) in [4.78, 5) is 0. The number of hydrogen-bond acceptors (Lipinski definition) is 2. The van der Waals surface area contributed by atoms with E-state index in [1.165, 1.54) is 25.7 Å². The van der Waals surface area contributed by atoms with Crippen LogP contribution in [0.4, 0.5) is 0 Å². The van der Waals surface area contributed by atoms with Crippen LogP contribution >= 0.6 is 0 Å². The minimum atomic E-state index is 0.295. The second-order valence-electron chi connectivity index (χ2n) is 4.63. The van der Waals surface area contributed by atoms with E-state index < -0.39 is 0 Å². The Morgan fingerprint density at radius 1 is 1.38 bits per heavy atom. The quantitative estimate of drug-likeness (QED) is 0.661. The van der Waals surface area contributed by atoms with Crippen LogP contribution in [0.5, 0.6) is 0 Å². The molecular weight excluding hydrogens is 162 g/mol. The maximum atomic E-state index is 8.85. The molecule has 0 amide bonds. The maximum Gasteiger partial charge on any atom is 0.0468 e. The summed E-state index contributed by atoms with van der Waals surface area (Å²) in [5.41, 5.74) is 0. The molecule has 78 valence electrons. The lowest BCUT2D eigenvalue weighted by atomic mass is 9.81. The number of rotatable bonds is 6. The second kappa shape index (κ2) is 5.61. The number of hydrogen-bond donors (Lipinski definition) is 2. The van der Waals surface area contributed by atoms with Crippen LogP contribution in [0, 0.1) is 11.8 Å². The number of aliphatic hydroxyl groups excluding tert-OH is 1. The molecule has 2 nitrogen and oxygen atoms in total. The molecule has 0 radical (unpaired) electrons. The van der Waals surface area contributed by atoms with Crippen LogP contribution in [-0.2, 0) is 0 Å². The molecule has 0 aromatic heterocycles. The van der Waals surface area contributed by atoms with Gasteiger partial charge in [-0.1, -0.05) is 26.2 Å². The molecule has 1 aliphatic rings. The smallest absolute Gasteiger partial charge is 0.0468 e. The molecule has 1 fully saturated rings. The van der Waals surface area contributed by atoms with E-state index in [0.29, 0.717) is 18.6 Å². The Hall–Kier alpha value is -0.0800. The van der Waals surface area contributed by atoms with Gasteiger partial charge in [0, 0.05) is 19.2 Å². The zero-order chi connectivity index (χ0) is 9.68. The van der Waals surface area contributed by atoms with Gasteiger partial charge in [0.15, 0.2) is 0 Å². The minimum Gasteiger partial charge on any atom is -0.396 e. The van der Waals surface area contributed by atoms with Crippen molar-refractivity contribution in [2.45, 2.75) is 45.6 Å². The number of aliphatic hydroxyl groups is 1. The molecule has 0 bridgehead atoms. The fourth-order valence-corrected chi connectivity index (χ4v) is 1.78. The highest BCUT2D eigenvalue weighted by atomic mass is 16.3. The van der Waals surface area contributed by atoms with Crippen LogP contribution in [0.15, 0.2) is 0 Å². The summed E-state index contributed by atoms with van der Waals surface area (Å²) in [6.07, 6.45) is 5.62. The minimum absolute atomic E-state index is 0.295. The lowest BCUT2D eigenvalue weighted by molar-refractivity contribution is 0.221. The third kappa shape index (κ3) is 4.10. The maximum absolute atomic E-state index is 8.85. The van der Waals surface area contributed by atoms with Crippen LogP contribution in [0.2, 0.25) is 0 Å². The van der Waals surface area contributed by atoms with Gasteiger partial charge in [0.05, 0.1) is 0 Å². The highest BCUT2D eigenvalue weighted by molar-refractivity contribution is 4.75. The van der Waals surface area contributed by atoms with Crippen molar-refractivity contribution in [3.8, 4) is 0 Å². The molecule has 0 spiro atoms. The lowest BCUT2D eigenvalue weighted by Gasteiger charge is -2.29. The van der Waals surface area contributed by atoms with E-state index in [0.717, 1.165) is 12.5 Å².